The molecule has 1 N–H and O–H groups in total. The van der Waals surface area contributed by atoms with Crippen molar-refractivity contribution in [2.75, 3.05) is 12.4 Å². The number of nitrogens with zero attached hydrogens (tertiary/aromatic N) is 6. The van der Waals surface area contributed by atoms with Crippen LogP contribution in [0, 0.1) is 0 Å². The fourth-order valence-corrected chi connectivity index (χ4v) is 2.72. The highest BCUT2D eigenvalue weighted by Crippen LogP contribution is 2.21. The molecule has 0 radical (unpaired) electrons. The van der Waals surface area contributed by atoms with Gasteiger partial charge in [0.1, 0.15) is 17.9 Å². The maximum atomic E-state index is 12.7. The van der Waals surface area contributed by atoms with Crippen molar-refractivity contribution in [2.45, 2.75) is 12.6 Å². The number of carbonyl (C=O) groups is 1. The van der Waals surface area contributed by atoms with Gasteiger partial charge in [0.2, 0.25) is 5.13 Å². The Morgan fingerprint density at radius 1 is 1.35 bits per heavy atom. The fraction of sp³-hybridized carbons (Fsp3) is 0.231. The molecule has 10 heteroatoms. The predicted octanol–water partition coefficient (Wildman–Crippen LogP) is 0.899. The maximum Gasteiger partial charge on any atom is 0.255 e. The zero-order valence-electron chi connectivity index (χ0n) is 12.2. The molecule has 23 heavy (non-hydrogen) atoms. The van der Waals surface area contributed by atoms with Crippen molar-refractivity contribution in [3.05, 3.63) is 47.2 Å². The molecule has 0 aliphatic rings. The molecule has 0 saturated carbocycles. The molecule has 2 heterocycles. The van der Waals surface area contributed by atoms with E-state index < -0.39 is 6.04 Å². The molecule has 0 bridgehead atoms. The van der Waals surface area contributed by atoms with Gasteiger partial charge in [-0.15, -0.1) is 15.3 Å². The standard InChI is InChI=1S/C13H13N7O2S/c1-22-7-10-16-17-13(23-10)15-12(21)11(20-8-14-18-19-20)9-5-3-2-4-6-9/h2-6,8,11H,7H2,1H3,(H,15,17,21)/t11-/m1/s1. The van der Waals surface area contributed by atoms with Crippen LogP contribution in [0.25, 0.3) is 0 Å². The second-order valence-corrected chi connectivity index (χ2v) is 5.59. The Hall–Kier alpha value is -2.72. The topological polar surface area (TPSA) is 108 Å². The van der Waals surface area contributed by atoms with Gasteiger partial charge in [0.15, 0.2) is 6.04 Å². The summed E-state index contributed by atoms with van der Waals surface area (Å²) in [5.74, 6) is -0.302. The molecule has 0 aliphatic heterocycles. The summed E-state index contributed by atoms with van der Waals surface area (Å²) in [6.45, 7) is 0.350. The van der Waals surface area contributed by atoms with Gasteiger partial charge in [-0.05, 0) is 16.0 Å². The van der Waals surface area contributed by atoms with E-state index in [1.165, 1.54) is 22.3 Å². The molecule has 0 unspecified atom stereocenters. The minimum atomic E-state index is -0.694. The van der Waals surface area contributed by atoms with Crippen LogP contribution in [0.2, 0.25) is 0 Å². The summed E-state index contributed by atoms with van der Waals surface area (Å²) in [6, 6.07) is 8.55. The first-order chi connectivity index (χ1) is 11.3. The Balaban J connectivity index is 1.83. The van der Waals surface area contributed by atoms with Gasteiger partial charge in [0, 0.05) is 7.11 Å². The van der Waals surface area contributed by atoms with Crippen LogP contribution < -0.4 is 5.32 Å². The monoisotopic (exact) mass is 331 g/mol. The number of rotatable bonds is 6. The lowest BCUT2D eigenvalue weighted by atomic mass is 10.1. The van der Waals surface area contributed by atoms with E-state index in [-0.39, 0.29) is 5.91 Å². The quantitative estimate of drug-likeness (QED) is 0.715. The lowest BCUT2D eigenvalue weighted by molar-refractivity contribution is -0.118. The van der Waals surface area contributed by atoms with Gasteiger partial charge in [-0.25, -0.2) is 4.68 Å². The van der Waals surface area contributed by atoms with Gasteiger partial charge >= 0.3 is 0 Å². The lowest BCUT2D eigenvalue weighted by Crippen LogP contribution is -2.27. The van der Waals surface area contributed by atoms with Gasteiger partial charge < -0.3 is 4.74 Å². The summed E-state index contributed by atoms with van der Waals surface area (Å²) < 4.78 is 6.38. The van der Waals surface area contributed by atoms with E-state index >= 15 is 0 Å². The van der Waals surface area contributed by atoms with E-state index in [2.05, 4.69) is 31.0 Å². The second kappa shape index (κ2) is 7.03. The first-order valence-electron chi connectivity index (χ1n) is 6.67. The van der Waals surface area contributed by atoms with Crippen LogP contribution in [0.1, 0.15) is 16.6 Å². The first-order valence-corrected chi connectivity index (χ1v) is 7.49. The number of aromatic nitrogens is 6. The van der Waals surface area contributed by atoms with Crippen LogP contribution in [-0.4, -0.2) is 43.4 Å². The molecule has 0 saturated heterocycles. The third-order valence-corrected chi connectivity index (χ3v) is 3.77. The highest BCUT2D eigenvalue weighted by Gasteiger charge is 2.24. The van der Waals surface area contributed by atoms with Crippen molar-refractivity contribution in [3.8, 4) is 0 Å². The van der Waals surface area contributed by atoms with E-state index in [4.69, 9.17) is 4.74 Å². The highest BCUT2D eigenvalue weighted by molar-refractivity contribution is 7.15. The SMILES string of the molecule is COCc1nnc(NC(=O)[C@@H](c2ccccc2)n2cnnn2)s1. The Morgan fingerprint density at radius 2 is 2.17 bits per heavy atom. The van der Waals surface area contributed by atoms with Gasteiger partial charge in [0.25, 0.3) is 5.91 Å². The molecule has 1 aromatic carbocycles. The minimum absolute atomic E-state index is 0.302. The molecule has 0 fully saturated rings. The van der Waals surface area contributed by atoms with E-state index in [1.54, 1.807) is 7.11 Å². The number of carbonyl (C=O) groups excluding carboxylic acids is 1. The smallest absolute Gasteiger partial charge is 0.255 e. The maximum absolute atomic E-state index is 12.7. The summed E-state index contributed by atoms with van der Waals surface area (Å²) in [4.78, 5) is 12.7. The van der Waals surface area contributed by atoms with Crippen LogP contribution in [0.5, 0.6) is 0 Å². The Labute approximate surface area is 135 Å². The number of hydrogen-bond acceptors (Lipinski definition) is 8. The minimum Gasteiger partial charge on any atom is -0.377 e. The third kappa shape index (κ3) is 3.55. The van der Waals surface area contributed by atoms with Crippen LogP contribution in [0.4, 0.5) is 5.13 Å². The Bertz CT molecular complexity index is 760. The second-order valence-electron chi connectivity index (χ2n) is 4.53. The molecule has 9 nitrogen and oxygen atoms in total. The van der Waals surface area contributed by atoms with Crippen LogP contribution in [-0.2, 0) is 16.1 Å². The summed E-state index contributed by atoms with van der Waals surface area (Å²) >= 11 is 1.26. The molecule has 1 atom stereocenters. The number of benzene rings is 1. The van der Waals surface area contributed by atoms with Crippen molar-refractivity contribution in [3.63, 3.8) is 0 Å². The number of nitrogens with one attached hydrogen (secondary N) is 1. The molecule has 1 amide bonds. The summed E-state index contributed by atoms with van der Waals surface area (Å²) in [6.07, 6.45) is 1.40. The Kier molecular flexibility index (Phi) is 4.64. The van der Waals surface area contributed by atoms with Crippen molar-refractivity contribution in [1.29, 1.82) is 0 Å². The number of amides is 1. The average Bonchev–Trinajstić information content (AvgIpc) is 3.22. The number of ether oxygens (including phenoxy) is 1. The highest BCUT2D eigenvalue weighted by atomic mass is 32.1. The van der Waals surface area contributed by atoms with Crippen molar-refractivity contribution in [2.24, 2.45) is 0 Å². The fourth-order valence-electron chi connectivity index (χ4n) is 2.01. The molecule has 118 valence electrons. The molecule has 0 spiro atoms. The normalized spacial score (nSPS) is 12.0. The van der Waals surface area contributed by atoms with Crippen molar-refractivity contribution >= 4 is 22.4 Å². The molecule has 2 aromatic heterocycles. The lowest BCUT2D eigenvalue weighted by Gasteiger charge is -2.15. The van der Waals surface area contributed by atoms with Crippen LogP contribution >= 0.6 is 11.3 Å². The summed E-state index contributed by atoms with van der Waals surface area (Å²) in [5, 5.41) is 22.7. The van der Waals surface area contributed by atoms with E-state index in [0.717, 1.165) is 5.56 Å². The molecule has 3 aromatic rings. The van der Waals surface area contributed by atoms with Crippen LogP contribution in [0.15, 0.2) is 36.7 Å². The number of hydrogen-bond donors (Lipinski definition) is 1. The predicted molar refractivity (Wildman–Crippen MR) is 81.6 cm³/mol. The molecule has 3 rings (SSSR count). The van der Waals surface area contributed by atoms with Gasteiger partial charge in [-0.3, -0.25) is 10.1 Å². The van der Waals surface area contributed by atoms with Crippen molar-refractivity contribution in [1.82, 2.24) is 30.4 Å². The zero-order valence-corrected chi connectivity index (χ0v) is 13.0. The number of tetrazole rings is 1. The third-order valence-electron chi connectivity index (χ3n) is 2.96. The van der Waals surface area contributed by atoms with E-state index in [9.17, 15) is 4.79 Å². The average molecular weight is 331 g/mol. The molecular formula is C13H13N7O2S. The van der Waals surface area contributed by atoms with Crippen LogP contribution in [0.3, 0.4) is 0 Å². The summed E-state index contributed by atoms with van der Waals surface area (Å²) in [7, 11) is 1.57. The molecule has 0 aliphatic carbocycles. The zero-order chi connectivity index (χ0) is 16.1. The summed E-state index contributed by atoms with van der Waals surface area (Å²) in [5.41, 5.74) is 0.763. The van der Waals surface area contributed by atoms with Gasteiger partial charge in [-0.1, -0.05) is 41.7 Å². The van der Waals surface area contributed by atoms with E-state index in [0.29, 0.717) is 16.7 Å². The number of methoxy groups -OCH3 is 1. The largest absolute Gasteiger partial charge is 0.377 e. The molecular weight excluding hydrogens is 318 g/mol. The Morgan fingerprint density at radius 3 is 2.87 bits per heavy atom. The van der Waals surface area contributed by atoms with Gasteiger partial charge in [0.05, 0.1) is 0 Å². The van der Waals surface area contributed by atoms with Gasteiger partial charge in [-0.2, -0.15) is 0 Å². The van der Waals surface area contributed by atoms with Crippen molar-refractivity contribution < 1.29 is 9.53 Å². The first kappa shape index (κ1) is 15.2. The number of anilines is 1. The van der Waals surface area contributed by atoms with E-state index in [1.807, 2.05) is 30.3 Å².